The topological polar surface area (TPSA) is 70.2 Å². The van der Waals surface area contributed by atoms with Crippen molar-refractivity contribution in [3.63, 3.8) is 0 Å². The normalized spacial score (nSPS) is 18.9. The Hall–Kier alpha value is -0.820. The van der Waals surface area contributed by atoms with Crippen LogP contribution >= 0.6 is 39.1 Å². The van der Waals surface area contributed by atoms with Crippen LogP contribution in [0.1, 0.15) is 0 Å². The van der Waals surface area contributed by atoms with Crippen LogP contribution in [-0.2, 0) is 9.59 Å². The van der Waals surface area contributed by atoms with Gasteiger partial charge in [0.1, 0.15) is 6.04 Å². The average molecular weight is 367 g/mol. The van der Waals surface area contributed by atoms with Crippen LogP contribution in [-0.4, -0.2) is 30.9 Å². The van der Waals surface area contributed by atoms with Crippen LogP contribution < -0.4 is 16.0 Å². The van der Waals surface area contributed by atoms with E-state index in [1.54, 1.807) is 12.1 Å². The van der Waals surface area contributed by atoms with Crippen molar-refractivity contribution in [1.82, 2.24) is 10.6 Å². The third kappa shape index (κ3) is 3.39. The number of nitrogens with one attached hydrogen (secondary N) is 3. The zero-order valence-corrected chi connectivity index (χ0v) is 12.7. The molecular weight excluding hydrogens is 357 g/mol. The first-order valence-corrected chi connectivity index (χ1v) is 6.98. The first kappa shape index (κ1) is 14.6. The number of carbonyl (C=O) groups excluding carboxylic acids is 2. The van der Waals surface area contributed by atoms with Gasteiger partial charge >= 0.3 is 0 Å². The summed E-state index contributed by atoms with van der Waals surface area (Å²) in [5, 5.41) is 8.71. The third-order valence-corrected chi connectivity index (χ3v) is 4.39. The van der Waals surface area contributed by atoms with Crippen LogP contribution in [0.3, 0.4) is 0 Å². The number of hydrogen-bond acceptors (Lipinski definition) is 3. The zero-order chi connectivity index (χ0) is 14.0. The summed E-state index contributed by atoms with van der Waals surface area (Å²) in [6, 6.07) is 2.86. The zero-order valence-electron chi connectivity index (χ0n) is 9.60. The Bertz CT molecular complexity index is 529. The van der Waals surface area contributed by atoms with E-state index >= 15 is 0 Å². The predicted octanol–water partition coefficient (Wildman–Crippen LogP) is 1.78. The second-order valence-electron chi connectivity index (χ2n) is 3.95. The molecule has 0 spiro atoms. The van der Waals surface area contributed by atoms with Crippen molar-refractivity contribution in [3.8, 4) is 0 Å². The first-order valence-electron chi connectivity index (χ1n) is 5.43. The lowest BCUT2D eigenvalue weighted by Gasteiger charge is -2.23. The highest BCUT2D eigenvalue weighted by molar-refractivity contribution is 9.10. The van der Waals surface area contributed by atoms with Crippen LogP contribution in [0.2, 0.25) is 10.0 Å². The molecule has 1 heterocycles. The number of halogens is 3. The summed E-state index contributed by atoms with van der Waals surface area (Å²) in [7, 11) is 0. The highest BCUT2D eigenvalue weighted by atomic mass is 79.9. The molecule has 0 radical (unpaired) electrons. The molecule has 5 nitrogen and oxygen atoms in total. The molecule has 0 aromatic heterocycles. The lowest BCUT2D eigenvalue weighted by atomic mass is 10.2. The average Bonchev–Trinajstić information content (AvgIpc) is 2.40. The van der Waals surface area contributed by atoms with Gasteiger partial charge in [-0.15, -0.1) is 0 Å². The van der Waals surface area contributed by atoms with Gasteiger partial charge in [0.25, 0.3) is 0 Å². The maximum Gasteiger partial charge on any atom is 0.243 e. The van der Waals surface area contributed by atoms with Crippen molar-refractivity contribution in [2.75, 3.05) is 18.4 Å². The summed E-state index contributed by atoms with van der Waals surface area (Å²) in [4.78, 5) is 23.0. The molecule has 1 aliphatic heterocycles. The van der Waals surface area contributed by atoms with Crippen LogP contribution in [0.15, 0.2) is 16.6 Å². The summed E-state index contributed by atoms with van der Waals surface area (Å²) in [5.74, 6) is -0.408. The molecule has 1 atom stereocenters. The second-order valence-corrected chi connectivity index (χ2v) is 5.56. The number of amides is 2. The maximum absolute atomic E-state index is 12.0. The van der Waals surface area contributed by atoms with Crippen LogP contribution in [0.25, 0.3) is 0 Å². The molecule has 19 heavy (non-hydrogen) atoms. The summed E-state index contributed by atoms with van der Waals surface area (Å²) in [6.07, 6.45) is 0. The summed E-state index contributed by atoms with van der Waals surface area (Å²) in [5.41, 5.74) is 0.429. The molecule has 2 rings (SSSR count). The van der Waals surface area contributed by atoms with Crippen molar-refractivity contribution >= 4 is 56.6 Å². The molecule has 1 aromatic rings. The van der Waals surface area contributed by atoms with E-state index in [4.69, 9.17) is 23.2 Å². The van der Waals surface area contributed by atoms with E-state index < -0.39 is 6.04 Å². The minimum absolute atomic E-state index is 0.118. The molecule has 2 amide bonds. The summed E-state index contributed by atoms with van der Waals surface area (Å²) < 4.78 is 0.653. The van der Waals surface area contributed by atoms with E-state index in [1.165, 1.54) is 0 Å². The quantitative estimate of drug-likeness (QED) is 0.699. The van der Waals surface area contributed by atoms with Gasteiger partial charge in [-0.1, -0.05) is 23.2 Å². The van der Waals surface area contributed by atoms with Gasteiger partial charge < -0.3 is 10.6 Å². The number of benzene rings is 1. The molecule has 1 unspecified atom stereocenters. The molecule has 0 aliphatic carbocycles. The molecule has 0 saturated carbocycles. The minimum atomic E-state index is -0.490. The maximum atomic E-state index is 12.0. The van der Waals surface area contributed by atoms with Gasteiger partial charge in [0.15, 0.2) is 0 Å². The minimum Gasteiger partial charge on any atom is -0.353 e. The number of carbonyl (C=O) groups is 2. The fraction of sp³-hybridized carbons (Fsp3) is 0.273. The standard InChI is InChI=1S/C11H10BrCl2N3O2/c12-5-1-2-6(10(14)9(5)13)17-11(19)7-3-16-8(18)4-15-7/h1-2,7,15H,3-4H2,(H,16,18)(H,17,19). The molecule has 8 heteroatoms. The SMILES string of the molecule is O=C1CNC(C(=O)Nc2ccc(Br)c(Cl)c2Cl)CN1. The van der Waals surface area contributed by atoms with Gasteiger partial charge in [-0.05, 0) is 28.1 Å². The van der Waals surface area contributed by atoms with Crippen molar-refractivity contribution < 1.29 is 9.59 Å². The number of anilines is 1. The lowest BCUT2D eigenvalue weighted by molar-refractivity contribution is -0.124. The molecule has 1 fully saturated rings. The van der Waals surface area contributed by atoms with Gasteiger partial charge in [-0.2, -0.15) is 0 Å². The van der Waals surface area contributed by atoms with E-state index in [9.17, 15) is 9.59 Å². The molecule has 0 bridgehead atoms. The van der Waals surface area contributed by atoms with Crippen molar-refractivity contribution in [2.24, 2.45) is 0 Å². The summed E-state index contributed by atoms with van der Waals surface area (Å²) in [6.45, 7) is 0.361. The first-order chi connectivity index (χ1) is 8.99. The van der Waals surface area contributed by atoms with Gasteiger partial charge in [-0.3, -0.25) is 14.9 Å². The van der Waals surface area contributed by atoms with Gasteiger partial charge in [0.2, 0.25) is 11.8 Å². The van der Waals surface area contributed by atoms with Gasteiger partial charge in [0, 0.05) is 11.0 Å². The van der Waals surface area contributed by atoms with E-state index in [0.29, 0.717) is 15.2 Å². The lowest BCUT2D eigenvalue weighted by Crippen LogP contribution is -2.56. The Morgan fingerprint density at radius 2 is 2.11 bits per heavy atom. The number of piperazine rings is 1. The molecule has 1 aliphatic rings. The highest BCUT2D eigenvalue weighted by Gasteiger charge is 2.24. The molecular formula is C11H10BrCl2N3O2. The smallest absolute Gasteiger partial charge is 0.243 e. The summed E-state index contributed by atoms with van der Waals surface area (Å²) >= 11 is 15.2. The van der Waals surface area contributed by atoms with Crippen molar-refractivity contribution in [3.05, 3.63) is 26.7 Å². The Morgan fingerprint density at radius 3 is 2.74 bits per heavy atom. The highest BCUT2D eigenvalue weighted by Crippen LogP contribution is 2.35. The molecule has 1 saturated heterocycles. The Morgan fingerprint density at radius 1 is 1.37 bits per heavy atom. The van der Waals surface area contributed by atoms with Crippen molar-refractivity contribution in [2.45, 2.75) is 6.04 Å². The largest absolute Gasteiger partial charge is 0.353 e. The van der Waals surface area contributed by atoms with E-state index in [1.807, 2.05) is 0 Å². The van der Waals surface area contributed by atoms with E-state index in [0.717, 1.165) is 0 Å². The van der Waals surface area contributed by atoms with Gasteiger partial charge in [-0.25, -0.2) is 0 Å². The van der Waals surface area contributed by atoms with Crippen LogP contribution in [0, 0.1) is 0 Å². The number of hydrogen-bond donors (Lipinski definition) is 3. The van der Waals surface area contributed by atoms with E-state index in [-0.39, 0.29) is 29.9 Å². The Balaban J connectivity index is 2.07. The molecule has 1 aromatic carbocycles. The third-order valence-electron chi connectivity index (χ3n) is 2.62. The molecule has 3 N–H and O–H groups in total. The van der Waals surface area contributed by atoms with Crippen LogP contribution in [0.5, 0.6) is 0 Å². The molecule has 102 valence electrons. The Kier molecular flexibility index (Phi) is 4.67. The van der Waals surface area contributed by atoms with Crippen molar-refractivity contribution in [1.29, 1.82) is 0 Å². The Labute approximate surface area is 128 Å². The monoisotopic (exact) mass is 365 g/mol. The number of rotatable bonds is 2. The fourth-order valence-corrected chi connectivity index (χ4v) is 2.42. The van der Waals surface area contributed by atoms with Gasteiger partial charge in [0.05, 0.1) is 22.3 Å². The second kappa shape index (κ2) is 6.09. The fourth-order valence-electron chi connectivity index (χ4n) is 1.59. The van der Waals surface area contributed by atoms with E-state index in [2.05, 4.69) is 31.9 Å². The van der Waals surface area contributed by atoms with Crippen LogP contribution in [0.4, 0.5) is 5.69 Å². The predicted molar refractivity (Wildman–Crippen MR) is 77.6 cm³/mol.